The van der Waals surface area contributed by atoms with E-state index < -0.39 is 35.0 Å². The summed E-state index contributed by atoms with van der Waals surface area (Å²) in [5, 5.41) is 16.0. The van der Waals surface area contributed by atoms with Crippen molar-refractivity contribution in [1.29, 1.82) is 5.26 Å². The van der Waals surface area contributed by atoms with Crippen LogP contribution in [0.5, 0.6) is 0 Å². The fraction of sp³-hybridized carbons (Fsp3) is 0.0556. The molecule has 0 fully saturated rings. The Bertz CT molecular complexity index is 2590. The van der Waals surface area contributed by atoms with Crippen LogP contribution in [0.15, 0.2) is 95.0 Å². The predicted molar refractivity (Wildman–Crippen MR) is 169 cm³/mol. The molecule has 0 aliphatic carbocycles. The number of nitrogens with zero attached hydrogens (tertiary/aromatic N) is 6. The first-order chi connectivity index (χ1) is 23.8. The van der Waals surface area contributed by atoms with E-state index in [1.54, 1.807) is 42.6 Å². The van der Waals surface area contributed by atoms with Gasteiger partial charge >= 0.3 is 12.4 Å². The third-order valence-corrected chi connectivity index (χ3v) is 8.19. The van der Waals surface area contributed by atoms with Crippen LogP contribution in [0.1, 0.15) is 20.7 Å². The summed E-state index contributed by atoms with van der Waals surface area (Å²) in [5.41, 5.74) is 2.35. The maximum Gasteiger partial charge on any atom is 0.454 e. The number of rotatable bonds is 4. The van der Waals surface area contributed by atoms with Crippen molar-refractivity contribution >= 4 is 55.2 Å². The first-order valence-corrected chi connectivity index (χ1v) is 14.4. The van der Waals surface area contributed by atoms with Crippen LogP contribution < -0.4 is 10.7 Å². The molecule has 0 radical (unpaired) electrons. The number of Topliss-reactive ketones (excluding diaryl/α,β-unsaturated/α-hetero) is 2. The first kappa shape index (κ1) is 31.8. The molecule has 0 saturated heterocycles. The topological polar surface area (TPSA) is 113 Å². The number of alkyl halides is 6. The number of aromatic nitrogens is 2. The van der Waals surface area contributed by atoms with Gasteiger partial charge < -0.3 is 0 Å². The van der Waals surface area contributed by atoms with E-state index in [0.717, 1.165) is 24.3 Å². The highest BCUT2D eigenvalue weighted by molar-refractivity contribution is 6.15. The number of nitriles is 1. The van der Waals surface area contributed by atoms with Gasteiger partial charge in [-0.25, -0.2) is 9.97 Å². The number of hydrogen-bond acceptors (Lipinski definition) is 7. The number of carbonyl (C=O) groups is 2. The molecule has 0 atom stereocenters. The quantitative estimate of drug-likeness (QED) is 0.0619. The van der Waals surface area contributed by atoms with Gasteiger partial charge in [0.15, 0.2) is 5.36 Å². The molecule has 242 valence electrons. The number of fused-ring (bicyclic) bond motifs is 6. The van der Waals surface area contributed by atoms with E-state index >= 15 is 0 Å². The third-order valence-electron chi connectivity index (χ3n) is 8.19. The van der Waals surface area contributed by atoms with Gasteiger partial charge in [-0.15, -0.1) is 4.95 Å². The van der Waals surface area contributed by atoms with E-state index in [-0.39, 0.29) is 21.7 Å². The summed E-state index contributed by atoms with van der Waals surface area (Å²) in [5.74, 6) is -3.92. The molecule has 6 aromatic carbocycles. The fourth-order valence-electron chi connectivity index (χ4n) is 5.92. The van der Waals surface area contributed by atoms with Crippen molar-refractivity contribution in [1.82, 2.24) is 9.97 Å². The lowest BCUT2D eigenvalue weighted by molar-refractivity contribution is -0.0888. The SMILES string of the molecule is [C-]#[N+]/N=c1\c2cc(-c3ccc(C(=O)C(F)(F)F)cc3)ccc2c2nc3/c(=N/C#N)c4cc(-c5ccc(C(=O)C(F)(F)F)cc5)ccc4c3nc12. The molecular formula is C36H14F6N6O2. The lowest BCUT2D eigenvalue weighted by Gasteiger charge is -2.07. The number of carbonyl (C=O) groups excluding carboxylic acids is 2. The van der Waals surface area contributed by atoms with Crippen LogP contribution in [-0.4, -0.2) is 33.9 Å². The van der Waals surface area contributed by atoms with Gasteiger partial charge in [0, 0.05) is 32.7 Å². The minimum atomic E-state index is -5.01. The minimum Gasteiger partial charge on any atom is -0.284 e. The van der Waals surface area contributed by atoms with Crippen molar-refractivity contribution in [2.24, 2.45) is 10.1 Å². The van der Waals surface area contributed by atoms with Gasteiger partial charge in [0.2, 0.25) is 6.19 Å². The van der Waals surface area contributed by atoms with Gasteiger partial charge in [-0.2, -0.15) is 43.2 Å². The average molecular weight is 677 g/mol. The second-order valence-corrected chi connectivity index (χ2v) is 11.1. The molecule has 1 heterocycles. The van der Waals surface area contributed by atoms with Crippen molar-refractivity contribution in [3.05, 3.63) is 118 Å². The molecule has 50 heavy (non-hydrogen) atoms. The predicted octanol–water partition coefficient (Wildman–Crippen LogP) is 7.91. The standard InChI is InChI=1S/C36H14F6N6O2/c1-44-48-30-26-15-22(18-4-8-20(9-5-18)34(50)36(40,41)42)11-13-24(26)29-32(30)47-28-23-12-10-21(14-25(23)27(45-16-43)31(28)46-29)17-2-6-19(7-3-17)33(49)35(37,38)39/h2-15H/b45-27+,48-30+. The summed E-state index contributed by atoms with van der Waals surface area (Å²) in [6.45, 7) is 7.45. The second-order valence-electron chi connectivity index (χ2n) is 11.1. The van der Waals surface area contributed by atoms with Gasteiger partial charge in [0.25, 0.3) is 11.6 Å². The number of benzene rings is 4. The zero-order chi connectivity index (χ0) is 35.5. The average Bonchev–Trinajstić information content (AvgIpc) is 3.56. The van der Waals surface area contributed by atoms with Gasteiger partial charge in [0.05, 0.1) is 16.1 Å². The Hall–Kier alpha value is -6.80. The maximum absolute atomic E-state index is 12.9. The number of ketones is 2. The van der Waals surface area contributed by atoms with Gasteiger partial charge in [-0.3, -0.25) is 9.59 Å². The van der Waals surface area contributed by atoms with Crippen molar-refractivity contribution in [2.45, 2.75) is 12.4 Å². The lowest BCUT2D eigenvalue weighted by atomic mass is 10.0. The Kier molecular flexibility index (Phi) is 7.26. The van der Waals surface area contributed by atoms with E-state index in [4.69, 9.17) is 16.5 Å². The molecule has 0 unspecified atom stereocenters. The Morgan fingerprint density at radius 3 is 1.40 bits per heavy atom. The van der Waals surface area contributed by atoms with Gasteiger partial charge in [-0.05, 0) is 34.4 Å². The van der Waals surface area contributed by atoms with Crippen LogP contribution >= 0.6 is 0 Å². The van der Waals surface area contributed by atoms with Gasteiger partial charge in [-0.1, -0.05) is 72.8 Å². The van der Waals surface area contributed by atoms with Crippen LogP contribution in [0, 0.1) is 18.0 Å². The highest BCUT2D eigenvalue weighted by atomic mass is 19.4. The van der Waals surface area contributed by atoms with Crippen molar-refractivity contribution in [2.75, 3.05) is 0 Å². The molecule has 0 aliphatic rings. The van der Waals surface area contributed by atoms with Gasteiger partial charge in [0.1, 0.15) is 16.4 Å². The van der Waals surface area contributed by atoms with Crippen LogP contribution in [0.2, 0.25) is 0 Å². The molecule has 0 N–H and O–H groups in total. The summed E-state index contributed by atoms with van der Waals surface area (Å²) in [6, 6.07) is 20.0. The van der Waals surface area contributed by atoms with E-state index in [0.29, 0.717) is 54.8 Å². The minimum absolute atomic E-state index is 0.195. The molecule has 0 bridgehead atoms. The smallest absolute Gasteiger partial charge is 0.284 e. The Morgan fingerprint density at radius 1 is 0.600 bits per heavy atom. The van der Waals surface area contributed by atoms with Crippen molar-refractivity contribution in [3.63, 3.8) is 0 Å². The van der Waals surface area contributed by atoms with Crippen LogP contribution in [-0.2, 0) is 0 Å². The van der Waals surface area contributed by atoms with E-state index in [1.165, 1.54) is 24.3 Å². The highest BCUT2D eigenvalue weighted by Gasteiger charge is 2.40. The highest BCUT2D eigenvalue weighted by Crippen LogP contribution is 2.33. The maximum atomic E-state index is 12.9. The zero-order valence-electron chi connectivity index (χ0n) is 24.9. The zero-order valence-corrected chi connectivity index (χ0v) is 24.9. The Labute approximate surface area is 275 Å². The van der Waals surface area contributed by atoms with Crippen molar-refractivity contribution in [3.8, 4) is 28.4 Å². The summed E-state index contributed by atoms with van der Waals surface area (Å²) in [6.07, 6.45) is -8.25. The molecule has 8 nitrogen and oxygen atoms in total. The molecule has 14 heteroatoms. The lowest BCUT2D eigenvalue weighted by Crippen LogP contribution is -2.22. The Morgan fingerprint density at radius 2 is 1.00 bits per heavy atom. The van der Waals surface area contributed by atoms with E-state index in [1.807, 2.05) is 0 Å². The fourth-order valence-corrected chi connectivity index (χ4v) is 5.92. The molecule has 1 aromatic heterocycles. The normalized spacial score (nSPS) is 13.0. The summed E-state index contributed by atoms with van der Waals surface area (Å²) in [7, 11) is 0. The molecule has 7 aromatic rings. The van der Waals surface area contributed by atoms with Crippen molar-refractivity contribution < 1.29 is 35.9 Å². The largest absolute Gasteiger partial charge is 0.454 e. The molecule has 0 saturated carbocycles. The Balaban J connectivity index is 1.38. The number of halogens is 6. The van der Waals surface area contributed by atoms with Crippen LogP contribution in [0.25, 0.3) is 70.8 Å². The summed E-state index contributed by atoms with van der Waals surface area (Å²) >= 11 is 0. The summed E-state index contributed by atoms with van der Waals surface area (Å²) in [4.78, 5) is 40.1. The number of hydrogen-bond donors (Lipinski definition) is 0. The molecule has 0 amide bonds. The third kappa shape index (κ3) is 5.20. The molecule has 0 spiro atoms. The molecular weight excluding hydrogens is 662 g/mol. The monoisotopic (exact) mass is 676 g/mol. The molecule has 0 aliphatic heterocycles. The summed E-state index contributed by atoms with van der Waals surface area (Å²) < 4.78 is 77.3. The second kappa shape index (κ2) is 11.4. The molecule has 7 rings (SSSR count). The van der Waals surface area contributed by atoms with Crippen LogP contribution in [0.4, 0.5) is 26.3 Å². The van der Waals surface area contributed by atoms with Crippen LogP contribution in [0.3, 0.4) is 0 Å². The van der Waals surface area contributed by atoms with E-state index in [2.05, 4.69) is 15.0 Å². The first-order valence-electron chi connectivity index (χ1n) is 14.4. The van der Waals surface area contributed by atoms with E-state index in [9.17, 15) is 41.2 Å².